The lowest BCUT2D eigenvalue weighted by Gasteiger charge is -2.25. The van der Waals surface area contributed by atoms with Gasteiger partial charge in [-0.15, -0.1) is 0 Å². The number of hydrogen-bond donors (Lipinski definition) is 2. The maximum atomic E-state index is 13.5. The van der Waals surface area contributed by atoms with Crippen LogP contribution in [-0.4, -0.2) is 33.9 Å². The van der Waals surface area contributed by atoms with E-state index in [1.165, 1.54) is 12.0 Å². The van der Waals surface area contributed by atoms with Gasteiger partial charge in [-0.05, 0) is 53.3 Å². The van der Waals surface area contributed by atoms with Crippen molar-refractivity contribution in [2.45, 2.75) is 39.2 Å². The predicted molar refractivity (Wildman–Crippen MR) is 144 cm³/mol. The molecule has 1 amide bonds. The number of aromatic nitrogens is 2. The SMILES string of the molecule is COc1cccc(/C(O)=C2\C(=O)C(=O)N(c3nc4ccc(C)cc4[nH]3)C2c2ccc(C(C)(C)C)cc2)c1. The minimum absolute atomic E-state index is 0.00148. The molecule has 188 valence electrons. The molecule has 0 saturated carbocycles. The van der Waals surface area contributed by atoms with E-state index >= 15 is 0 Å². The molecule has 5 rings (SSSR count). The van der Waals surface area contributed by atoms with Crippen LogP contribution >= 0.6 is 0 Å². The molecule has 0 bridgehead atoms. The van der Waals surface area contributed by atoms with E-state index in [1.54, 1.807) is 24.3 Å². The molecular formula is C30H29N3O4. The number of imidazole rings is 1. The normalized spacial score (nSPS) is 17.5. The Morgan fingerprint density at radius 1 is 1.03 bits per heavy atom. The summed E-state index contributed by atoms with van der Waals surface area (Å²) in [4.78, 5) is 36.1. The fraction of sp³-hybridized carbons (Fsp3) is 0.233. The second-order valence-electron chi connectivity index (χ2n) is 10.4. The maximum absolute atomic E-state index is 13.5. The third kappa shape index (κ3) is 4.27. The fourth-order valence-corrected chi connectivity index (χ4v) is 4.68. The number of amides is 1. The second-order valence-corrected chi connectivity index (χ2v) is 10.4. The van der Waals surface area contributed by atoms with Crippen molar-refractivity contribution in [3.8, 4) is 5.75 Å². The van der Waals surface area contributed by atoms with E-state index in [0.29, 0.717) is 22.4 Å². The van der Waals surface area contributed by atoms with E-state index in [0.717, 1.165) is 16.6 Å². The molecule has 1 aromatic heterocycles. The smallest absolute Gasteiger partial charge is 0.302 e. The highest BCUT2D eigenvalue weighted by Crippen LogP contribution is 2.42. The summed E-state index contributed by atoms with van der Waals surface area (Å²) in [5, 5.41) is 11.4. The average molecular weight is 496 g/mol. The van der Waals surface area contributed by atoms with Crippen LogP contribution in [0.25, 0.3) is 16.8 Å². The Balaban J connectivity index is 1.72. The maximum Gasteiger partial charge on any atom is 0.302 e. The third-order valence-electron chi connectivity index (χ3n) is 6.73. The Morgan fingerprint density at radius 2 is 1.76 bits per heavy atom. The number of ketones is 1. The van der Waals surface area contributed by atoms with Crippen molar-refractivity contribution in [3.63, 3.8) is 0 Å². The number of carbonyl (C=O) groups excluding carboxylic acids is 2. The lowest BCUT2D eigenvalue weighted by molar-refractivity contribution is -0.132. The highest BCUT2D eigenvalue weighted by molar-refractivity contribution is 6.51. The Morgan fingerprint density at radius 3 is 2.43 bits per heavy atom. The second kappa shape index (κ2) is 8.92. The van der Waals surface area contributed by atoms with Gasteiger partial charge in [-0.3, -0.25) is 14.5 Å². The van der Waals surface area contributed by atoms with Crippen LogP contribution in [0.15, 0.2) is 72.3 Å². The number of rotatable bonds is 4. The number of benzene rings is 3. The minimum Gasteiger partial charge on any atom is -0.507 e. The van der Waals surface area contributed by atoms with Gasteiger partial charge in [0, 0.05) is 5.56 Å². The Kier molecular flexibility index (Phi) is 5.86. The van der Waals surface area contributed by atoms with E-state index in [1.807, 2.05) is 49.4 Å². The summed E-state index contributed by atoms with van der Waals surface area (Å²) < 4.78 is 5.29. The number of H-pyrrole nitrogens is 1. The molecule has 0 aliphatic carbocycles. The van der Waals surface area contributed by atoms with Crippen LogP contribution in [0.5, 0.6) is 5.75 Å². The number of Topliss-reactive ketones (excluding diaryl/α,β-unsaturated/α-hetero) is 1. The van der Waals surface area contributed by atoms with Gasteiger partial charge in [-0.25, -0.2) is 4.98 Å². The molecule has 1 saturated heterocycles. The van der Waals surface area contributed by atoms with Crippen molar-refractivity contribution in [1.29, 1.82) is 0 Å². The zero-order chi connectivity index (χ0) is 26.5. The summed E-state index contributed by atoms with van der Waals surface area (Å²) >= 11 is 0. The van der Waals surface area contributed by atoms with E-state index in [9.17, 15) is 14.7 Å². The van der Waals surface area contributed by atoms with Crippen LogP contribution in [0.4, 0.5) is 5.95 Å². The number of ether oxygens (including phenoxy) is 1. The number of nitrogens with one attached hydrogen (secondary N) is 1. The third-order valence-corrected chi connectivity index (χ3v) is 6.73. The van der Waals surface area contributed by atoms with Crippen molar-refractivity contribution >= 4 is 34.4 Å². The molecule has 1 aliphatic rings. The zero-order valence-electron chi connectivity index (χ0n) is 21.5. The van der Waals surface area contributed by atoms with Crippen molar-refractivity contribution in [1.82, 2.24) is 9.97 Å². The van der Waals surface area contributed by atoms with Gasteiger partial charge < -0.3 is 14.8 Å². The summed E-state index contributed by atoms with van der Waals surface area (Å²) in [5.41, 5.74) is 4.58. The number of anilines is 1. The minimum atomic E-state index is -0.873. The van der Waals surface area contributed by atoms with Gasteiger partial charge in [0.15, 0.2) is 0 Å². The molecule has 4 aromatic rings. The van der Waals surface area contributed by atoms with E-state index in [-0.39, 0.29) is 22.7 Å². The van der Waals surface area contributed by atoms with Crippen molar-refractivity contribution in [2.75, 3.05) is 12.0 Å². The highest BCUT2D eigenvalue weighted by atomic mass is 16.5. The van der Waals surface area contributed by atoms with Crippen LogP contribution in [0.3, 0.4) is 0 Å². The van der Waals surface area contributed by atoms with Crippen LogP contribution in [-0.2, 0) is 15.0 Å². The average Bonchev–Trinajstić information content (AvgIpc) is 3.40. The van der Waals surface area contributed by atoms with Gasteiger partial charge in [-0.2, -0.15) is 0 Å². The van der Waals surface area contributed by atoms with E-state index in [2.05, 4.69) is 30.7 Å². The molecule has 1 aliphatic heterocycles. The first-order chi connectivity index (χ1) is 17.6. The summed E-state index contributed by atoms with van der Waals surface area (Å²) in [7, 11) is 1.53. The number of methoxy groups -OCH3 is 1. The number of carbonyl (C=O) groups is 2. The molecule has 1 unspecified atom stereocenters. The number of aliphatic hydroxyl groups excluding tert-OH is 1. The molecular weight excluding hydrogens is 466 g/mol. The first-order valence-electron chi connectivity index (χ1n) is 12.1. The number of hydrogen-bond acceptors (Lipinski definition) is 5. The zero-order valence-corrected chi connectivity index (χ0v) is 21.5. The number of nitrogens with zero attached hydrogens (tertiary/aromatic N) is 2. The van der Waals surface area contributed by atoms with Gasteiger partial charge in [0.25, 0.3) is 5.78 Å². The van der Waals surface area contributed by atoms with Gasteiger partial charge in [0.2, 0.25) is 5.95 Å². The molecule has 0 spiro atoms. The molecule has 1 atom stereocenters. The van der Waals surface area contributed by atoms with Crippen LogP contribution in [0.2, 0.25) is 0 Å². The number of aryl methyl sites for hydroxylation is 1. The molecule has 0 radical (unpaired) electrons. The van der Waals surface area contributed by atoms with Crippen molar-refractivity contribution < 1.29 is 19.4 Å². The fourth-order valence-electron chi connectivity index (χ4n) is 4.68. The molecule has 7 nitrogen and oxygen atoms in total. The Bertz CT molecular complexity index is 1560. The largest absolute Gasteiger partial charge is 0.507 e. The molecule has 1 fully saturated rings. The molecule has 3 aromatic carbocycles. The Hall–Kier alpha value is -4.39. The lowest BCUT2D eigenvalue weighted by Crippen LogP contribution is -2.30. The molecule has 2 heterocycles. The van der Waals surface area contributed by atoms with Crippen molar-refractivity contribution in [2.24, 2.45) is 0 Å². The van der Waals surface area contributed by atoms with Crippen molar-refractivity contribution in [3.05, 3.63) is 94.6 Å². The standard InChI is InChI=1S/C30H29N3O4/c1-17-9-14-22-23(15-17)32-29(31-22)33-25(18-10-12-20(13-11-18)30(2,3)4)24(27(35)28(33)36)26(34)19-7-6-8-21(16-19)37-5/h6-16,25,34H,1-5H3,(H,31,32)/b26-24+. The molecule has 37 heavy (non-hydrogen) atoms. The van der Waals surface area contributed by atoms with E-state index in [4.69, 9.17) is 4.74 Å². The Labute approximate surface area is 215 Å². The summed E-state index contributed by atoms with van der Waals surface area (Å²) in [6.45, 7) is 8.32. The number of aromatic amines is 1. The van der Waals surface area contributed by atoms with Gasteiger partial charge >= 0.3 is 5.91 Å². The summed E-state index contributed by atoms with van der Waals surface area (Å²) in [6, 6.07) is 19.4. The van der Waals surface area contributed by atoms with Gasteiger partial charge in [0.05, 0.1) is 29.8 Å². The lowest BCUT2D eigenvalue weighted by atomic mass is 9.85. The summed E-state index contributed by atoms with van der Waals surface area (Å²) in [5.74, 6) is -1.03. The monoisotopic (exact) mass is 495 g/mol. The highest BCUT2D eigenvalue weighted by Gasteiger charge is 2.48. The predicted octanol–water partition coefficient (Wildman–Crippen LogP) is 5.80. The van der Waals surface area contributed by atoms with E-state index < -0.39 is 17.7 Å². The number of fused-ring (bicyclic) bond motifs is 1. The van der Waals surface area contributed by atoms with Crippen LogP contribution in [0, 0.1) is 6.92 Å². The topological polar surface area (TPSA) is 95.5 Å². The molecule has 2 N–H and O–H groups in total. The molecule has 7 heteroatoms. The first-order valence-corrected chi connectivity index (χ1v) is 12.1. The van der Waals surface area contributed by atoms with Crippen LogP contribution in [0.1, 0.15) is 49.1 Å². The van der Waals surface area contributed by atoms with Gasteiger partial charge in [-0.1, -0.05) is 63.2 Å². The first kappa shape index (κ1) is 24.3. The quantitative estimate of drug-likeness (QED) is 0.212. The number of aliphatic hydroxyl groups is 1. The van der Waals surface area contributed by atoms with Gasteiger partial charge in [0.1, 0.15) is 11.5 Å². The van der Waals surface area contributed by atoms with Crippen LogP contribution < -0.4 is 9.64 Å². The summed E-state index contributed by atoms with van der Waals surface area (Å²) in [6.07, 6.45) is 0.